The molecule has 1 aliphatic rings. The summed E-state index contributed by atoms with van der Waals surface area (Å²) in [6.45, 7) is 4.31. The van der Waals surface area contributed by atoms with Gasteiger partial charge in [-0.3, -0.25) is 0 Å². The molecule has 0 unspecified atom stereocenters. The highest BCUT2D eigenvalue weighted by atomic mass is 14.1. The topological polar surface area (TPSA) is 0 Å². The summed E-state index contributed by atoms with van der Waals surface area (Å²) in [7, 11) is 0. The van der Waals surface area contributed by atoms with Crippen LogP contribution in [0.25, 0.3) is 12.2 Å². The molecule has 0 aromatic heterocycles. The monoisotopic (exact) mass is 198 g/mol. The van der Waals surface area contributed by atoms with E-state index >= 15 is 0 Å². The van der Waals surface area contributed by atoms with Crippen molar-refractivity contribution < 1.29 is 0 Å². The van der Waals surface area contributed by atoms with Crippen LogP contribution in [-0.2, 0) is 6.42 Å². The van der Waals surface area contributed by atoms with Crippen LogP contribution in [0.3, 0.4) is 0 Å². The molecule has 0 spiro atoms. The number of fused-ring (bicyclic) bond motifs is 1. The molecule has 78 valence electrons. The van der Waals surface area contributed by atoms with Crippen molar-refractivity contribution in [2.75, 3.05) is 0 Å². The van der Waals surface area contributed by atoms with E-state index in [1.165, 1.54) is 36.0 Å². The average Bonchev–Trinajstić information content (AvgIpc) is 2.29. The smallest absolute Gasteiger partial charge is 0.0224 e. The van der Waals surface area contributed by atoms with Gasteiger partial charge >= 0.3 is 0 Å². The van der Waals surface area contributed by atoms with E-state index in [1.54, 1.807) is 5.57 Å². The predicted molar refractivity (Wildman–Crippen MR) is 67.7 cm³/mol. The van der Waals surface area contributed by atoms with Gasteiger partial charge in [-0.25, -0.2) is 0 Å². The second-order valence-electron chi connectivity index (χ2n) is 4.11. The van der Waals surface area contributed by atoms with Crippen LogP contribution in [0.1, 0.15) is 43.4 Å². The molecule has 0 heteroatoms. The maximum Gasteiger partial charge on any atom is -0.0224 e. The van der Waals surface area contributed by atoms with E-state index in [2.05, 4.69) is 50.3 Å². The van der Waals surface area contributed by atoms with Crippen LogP contribution in [0, 0.1) is 0 Å². The Morgan fingerprint density at radius 1 is 1.27 bits per heavy atom. The highest BCUT2D eigenvalue weighted by Crippen LogP contribution is 2.26. The quantitative estimate of drug-likeness (QED) is 0.658. The molecule has 0 amide bonds. The third-order valence-electron chi connectivity index (χ3n) is 3.06. The molecule has 1 aromatic rings. The van der Waals surface area contributed by atoms with Crippen LogP contribution in [-0.4, -0.2) is 0 Å². The highest BCUT2D eigenvalue weighted by Gasteiger charge is 2.08. The van der Waals surface area contributed by atoms with E-state index in [1.807, 2.05) is 0 Å². The normalized spacial score (nSPS) is 15.2. The molecule has 0 radical (unpaired) electrons. The van der Waals surface area contributed by atoms with E-state index in [-0.39, 0.29) is 0 Å². The van der Waals surface area contributed by atoms with Gasteiger partial charge in [0.2, 0.25) is 0 Å². The third-order valence-corrected chi connectivity index (χ3v) is 3.06. The van der Waals surface area contributed by atoms with Gasteiger partial charge in [0.05, 0.1) is 0 Å². The first kappa shape index (κ1) is 10.2. The van der Waals surface area contributed by atoms with Gasteiger partial charge in [0, 0.05) is 0 Å². The summed E-state index contributed by atoms with van der Waals surface area (Å²) in [5, 5.41) is 0. The van der Waals surface area contributed by atoms with Crippen LogP contribution < -0.4 is 0 Å². The second-order valence-corrected chi connectivity index (χ2v) is 4.11. The number of rotatable bonds is 2. The number of hydrogen-bond acceptors (Lipinski definition) is 0. The molecule has 0 N–H and O–H groups in total. The number of benzene rings is 1. The van der Waals surface area contributed by atoms with Crippen LogP contribution in [0.4, 0.5) is 0 Å². The molecule has 0 bridgehead atoms. The van der Waals surface area contributed by atoms with Crippen LogP contribution in [0.5, 0.6) is 0 Å². The van der Waals surface area contributed by atoms with Gasteiger partial charge < -0.3 is 0 Å². The average molecular weight is 198 g/mol. The van der Waals surface area contributed by atoms with Crippen LogP contribution in [0.2, 0.25) is 0 Å². The van der Waals surface area contributed by atoms with E-state index in [0.29, 0.717) is 0 Å². The van der Waals surface area contributed by atoms with Gasteiger partial charge in [-0.15, -0.1) is 0 Å². The third kappa shape index (κ3) is 2.20. The van der Waals surface area contributed by atoms with Crippen molar-refractivity contribution >= 4 is 12.2 Å². The van der Waals surface area contributed by atoms with Crippen molar-refractivity contribution in [3.63, 3.8) is 0 Å². The zero-order chi connectivity index (χ0) is 10.7. The fourth-order valence-corrected chi connectivity index (χ4v) is 2.15. The van der Waals surface area contributed by atoms with Gasteiger partial charge in [0.1, 0.15) is 0 Å². The lowest BCUT2D eigenvalue weighted by Crippen LogP contribution is -1.99. The molecule has 0 heterocycles. The Balaban J connectivity index is 2.36. The lowest BCUT2D eigenvalue weighted by Gasteiger charge is -2.15. The minimum Gasteiger partial charge on any atom is -0.0871 e. The summed E-state index contributed by atoms with van der Waals surface area (Å²) in [6, 6.07) is 6.77. The zero-order valence-electron chi connectivity index (χ0n) is 9.59. The van der Waals surface area contributed by atoms with Crippen LogP contribution >= 0.6 is 0 Å². The van der Waals surface area contributed by atoms with Crippen molar-refractivity contribution in [3.05, 3.63) is 46.5 Å². The highest BCUT2D eigenvalue weighted by molar-refractivity contribution is 5.63. The Kier molecular flexibility index (Phi) is 3.05. The molecule has 0 aliphatic heterocycles. The van der Waals surface area contributed by atoms with Crippen molar-refractivity contribution in [3.8, 4) is 0 Å². The molecular formula is C15H18. The summed E-state index contributed by atoms with van der Waals surface area (Å²) < 4.78 is 0. The lowest BCUT2D eigenvalue weighted by atomic mass is 9.90. The van der Waals surface area contributed by atoms with Gasteiger partial charge in [-0.05, 0) is 42.9 Å². The van der Waals surface area contributed by atoms with E-state index in [4.69, 9.17) is 0 Å². The molecule has 0 saturated heterocycles. The lowest BCUT2D eigenvalue weighted by molar-refractivity contribution is 0.875. The Bertz CT molecular complexity index is 408. The minimum absolute atomic E-state index is 1.19. The zero-order valence-corrected chi connectivity index (χ0v) is 9.59. The van der Waals surface area contributed by atoms with E-state index in [9.17, 15) is 0 Å². The van der Waals surface area contributed by atoms with Crippen molar-refractivity contribution in [1.29, 1.82) is 0 Å². The van der Waals surface area contributed by atoms with Gasteiger partial charge in [0.15, 0.2) is 0 Å². The maximum absolute atomic E-state index is 2.36. The molecule has 0 nitrogen and oxygen atoms in total. The van der Waals surface area contributed by atoms with Crippen molar-refractivity contribution in [2.24, 2.45) is 0 Å². The molecular weight excluding hydrogens is 180 g/mol. The Morgan fingerprint density at radius 2 is 2.13 bits per heavy atom. The Hall–Kier alpha value is -1.30. The largest absolute Gasteiger partial charge is 0.0871 e. The van der Waals surface area contributed by atoms with Gasteiger partial charge in [0.25, 0.3) is 0 Å². The molecule has 15 heavy (non-hydrogen) atoms. The molecule has 1 aliphatic carbocycles. The first-order chi connectivity index (χ1) is 7.33. The predicted octanol–water partition coefficient (Wildman–Crippen LogP) is 4.46. The first-order valence-electron chi connectivity index (χ1n) is 5.78. The SMILES string of the molecule is C/C=C/c1ccc2c(c1)CCC(CC)=C2. The number of aryl methyl sites for hydroxylation is 1. The molecule has 0 saturated carbocycles. The summed E-state index contributed by atoms with van der Waals surface area (Å²) in [5.41, 5.74) is 5.83. The minimum atomic E-state index is 1.19. The van der Waals surface area contributed by atoms with E-state index < -0.39 is 0 Å². The molecule has 2 rings (SSSR count). The summed E-state index contributed by atoms with van der Waals surface area (Å²) in [5.74, 6) is 0. The summed E-state index contributed by atoms with van der Waals surface area (Å²) >= 11 is 0. The number of hydrogen-bond donors (Lipinski definition) is 0. The molecule has 1 aromatic carbocycles. The van der Waals surface area contributed by atoms with Crippen molar-refractivity contribution in [2.45, 2.75) is 33.1 Å². The summed E-state index contributed by atoms with van der Waals surface area (Å²) in [4.78, 5) is 0. The fourth-order valence-electron chi connectivity index (χ4n) is 2.15. The fraction of sp³-hybridized carbons (Fsp3) is 0.333. The van der Waals surface area contributed by atoms with Gasteiger partial charge in [-0.1, -0.05) is 48.9 Å². The number of allylic oxidation sites excluding steroid dienone is 2. The standard InChI is InChI=1S/C15H18/c1-3-5-13-7-9-14-10-12(4-2)6-8-15(14)11-13/h3,5,7,9-11H,4,6,8H2,1-2H3/b5-3+. The first-order valence-corrected chi connectivity index (χ1v) is 5.78. The Morgan fingerprint density at radius 3 is 2.87 bits per heavy atom. The summed E-state index contributed by atoms with van der Waals surface area (Å²) in [6.07, 6.45) is 10.3. The molecule has 0 atom stereocenters. The van der Waals surface area contributed by atoms with E-state index in [0.717, 1.165) is 0 Å². The second kappa shape index (κ2) is 4.48. The maximum atomic E-state index is 2.36. The van der Waals surface area contributed by atoms with Crippen LogP contribution in [0.15, 0.2) is 29.8 Å². The van der Waals surface area contributed by atoms with Crippen molar-refractivity contribution in [1.82, 2.24) is 0 Å². The Labute approximate surface area is 92.3 Å². The van der Waals surface area contributed by atoms with Gasteiger partial charge in [-0.2, -0.15) is 0 Å². The molecule has 0 fully saturated rings.